The topological polar surface area (TPSA) is 38.0 Å². The molecular formula is C13H19ClN2O. The molecule has 0 aromatic carbocycles. The van der Waals surface area contributed by atoms with Crippen molar-refractivity contribution < 1.29 is 5.11 Å². The Morgan fingerprint density at radius 3 is 2.88 bits per heavy atom. The van der Waals surface area contributed by atoms with Crippen molar-refractivity contribution in [3.05, 3.63) is 28.6 Å². The molecule has 3 nitrogen and oxygen atoms in total. The van der Waals surface area contributed by atoms with E-state index in [0.717, 1.165) is 37.1 Å². The summed E-state index contributed by atoms with van der Waals surface area (Å²) < 4.78 is 1.79. The van der Waals surface area contributed by atoms with Crippen molar-refractivity contribution in [1.29, 1.82) is 0 Å². The smallest absolute Gasteiger partial charge is 0.0883 e. The third-order valence-corrected chi connectivity index (χ3v) is 3.82. The van der Waals surface area contributed by atoms with Crippen molar-refractivity contribution in [3.8, 4) is 0 Å². The molecule has 1 aromatic heterocycles. The summed E-state index contributed by atoms with van der Waals surface area (Å²) in [5.41, 5.74) is 1.09. The third kappa shape index (κ3) is 2.55. The molecule has 0 saturated carbocycles. The Balaban J connectivity index is 2.26. The molecule has 4 heteroatoms. The Bertz CT molecular complexity index is 439. The summed E-state index contributed by atoms with van der Waals surface area (Å²) in [5, 5.41) is 15.6. The lowest BCUT2D eigenvalue weighted by molar-refractivity contribution is 0.0732. The van der Waals surface area contributed by atoms with E-state index >= 15 is 0 Å². The van der Waals surface area contributed by atoms with Gasteiger partial charge in [-0.2, -0.15) is 5.10 Å². The van der Waals surface area contributed by atoms with Crippen LogP contribution in [0.15, 0.2) is 12.2 Å². The number of allylic oxidation sites excluding steroid dienone is 1. The maximum absolute atomic E-state index is 10.5. The van der Waals surface area contributed by atoms with Crippen molar-refractivity contribution in [2.24, 2.45) is 7.05 Å². The number of hydrogen-bond acceptors (Lipinski definition) is 2. The van der Waals surface area contributed by atoms with E-state index in [4.69, 9.17) is 11.6 Å². The Morgan fingerprint density at radius 2 is 2.35 bits per heavy atom. The van der Waals surface area contributed by atoms with Gasteiger partial charge in [0.25, 0.3) is 0 Å². The van der Waals surface area contributed by atoms with Crippen molar-refractivity contribution in [2.75, 3.05) is 0 Å². The monoisotopic (exact) mass is 254 g/mol. The lowest BCUT2D eigenvalue weighted by Crippen LogP contribution is -2.31. The number of hydrogen-bond donors (Lipinski definition) is 1. The molecule has 1 atom stereocenters. The van der Waals surface area contributed by atoms with E-state index in [1.54, 1.807) is 4.68 Å². The van der Waals surface area contributed by atoms with Crippen molar-refractivity contribution in [1.82, 2.24) is 9.78 Å². The van der Waals surface area contributed by atoms with Crippen LogP contribution in [0.2, 0.25) is 5.02 Å². The predicted molar refractivity (Wildman–Crippen MR) is 69.2 cm³/mol. The first-order valence-corrected chi connectivity index (χ1v) is 6.54. The Hall–Kier alpha value is -0.800. The fourth-order valence-corrected chi connectivity index (χ4v) is 2.72. The molecular weight excluding hydrogens is 236 g/mol. The average molecular weight is 255 g/mol. The second-order valence-electron chi connectivity index (χ2n) is 4.76. The maximum Gasteiger partial charge on any atom is 0.0883 e. The summed E-state index contributed by atoms with van der Waals surface area (Å²) in [4.78, 5) is 0. The van der Waals surface area contributed by atoms with Gasteiger partial charge in [-0.3, -0.25) is 4.68 Å². The van der Waals surface area contributed by atoms with E-state index in [1.807, 2.05) is 20.0 Å². The van der Waals surface area contributed by atoms with Crippen LogP contribution in [0.4, 0.5) is 0 Å². The minimum Gasteiger partial charge on any atom is -0.385 e. The highest BCUT2D eigenvalue weighted by Gasteiger charge is 2.29. The zero-order valence-electron chi connectivity index (χ0n) is 10.4. The summed E-state index contributed by atoms with van der Waals surface area (Å²) >= 11 is 6.29. The highest BCUT2D eigenvalue weighted by atomic mass is 35.5. The molecule has 0 saturated heterocycles. The highest BCUT2D eigenvalue weighted by molar-refractivity contribution is 6.31. The normalized spacial score (nSPS) is 24.2. The SMILES string of the molecule is CCc1nn(C)c(CC2(O)C=CCCC2)c1Cl. The molecule has 0 amide bonds. The van der Waals surface area contributed by atoms with E-state index in [0.29, 0.717) is 11.4 Å². The number of rotatable bonds is 3. The molecule has 1 unspecified atom stereocenters. The first-order valence-electron chi connectivity index (χ1n) is 6.16. The number of aromatic nitrogens is 2. The standard InChI is InChI=1S/C13H19ClN2O/c1-3-10-12(14)11(16(2)15-10)9-13(17)7-5-4-6-8-13/h5,7,17H,3-4,6,8-9H2,1-2H3. The van der Waals surface area contributed by atoms with Crippen LogP contribution in [0.5, 0.6) is 0 Å². The maximum atomic E-state index is 10.5. The summed E-state index contributed by atoms with van der Waals surface area (Å²) in [6.45, 7) is 2.03. The molecule has 1 N–H and O–H groups in total. The molecule has 1 aliphatic rings. The van der Waals surface area contributed by atoms with Crippen LogP contribution in [0.25, 0.3) is 0 Å². The lowest BCUT2D eigenvalue weighted by atomic mass is 9.87. The Labute approximate surface area is 107 Å². The first-order chi connectivity index (χ1) is 8.06. The minimum absolute atomic E-state index is 0.547. The van der Waals surface area contributed by atoms with E-state index in [2.05, 4.69) is 11.2 Å². The Kier molecular flexibility index (Phi) is 3.59. The molecule has 0 radical (unpaired) electrons. The van der Waals surface area contributed by atoms with Gasteiger partial charge >= 0.3 is 0 Å². The van der Waals surface area contributed by atoms with Gasteiger partial charge in [-0.15, -0.1) is 0 Å². The van der Waals surface area contributed by atoms with Gasteiger partial charge in [-0.05, 0) is 25.7 Å². The first kappa shape index (κ1) is 12.7. The van der Waals surface area contributed by atoms with E-state index in [1.165, 1.54) is 0 Å². The van der Waals surface area contributed by atoms with Gasteiger partial charge in [0.2, 0.25) is 0 Å². The fraction of sp³-hybridized carbons (Fsp3) is 0.615. The van der Waals surface area contributed by atoms with Gasteiger partial charge < -0.3 is 5.11 Å². The van der Waals surface area contributed by atoms with Crippen LogP contribution in [-0.2, 0) is 19.9 Å². The van der Waals surface area contributed by atoms with E-state index in [9.17, 15) is 5.11 Å². The van der Waals surface area contributed by atoms with Crippen LogP contribution in [0.1, 0.15) is 37.6 Å². The molecule has 0 fully saturated rings. The lowest BCUT2D eigenvalue weighted by Gasteiger charge is -2.27. The average Bonchev–Trinajstić information content (AvgIpc) is 2.57. The molecule has 0 bridgehead atoms. The van der Waals surface area contributed by atoms with Gasteiger partial charge in [0.15, 0.2) is 0 Å². The van der Waals surface area contributed by atoms with Crippen LogP contribution in [-0.4, -0.2) is 20.5 Å². The Morgan fingerprint density at radius 1 is 1.59 bits per heavy atom. The third-order valence-electron chi connectivity index (χ3n) is 3.39. The fourth-order valence-electron chi connectivity index (χ4n) is 2.36. The van der Waals surface area contributed by atoms with Gasteiger partial charge in [-0.25, -0.2) is 0 Å². The van der Waals surface area contributed by atoms with Crippen LogP contribution in [0, 0.1) is 0 Å². The van der Waals surface area contributed by atoms with Gasteiger partial charge in [0, 0.05) is 13.5 Å². The summed E-state index contributed by atoms with van der Waals surface area (Å²) in [6.07, 6.45) is 8.21. The number of halogens is 1. The zero-order chi connectivity index (χ0) is 12.5. The van der Waals surface area contributed by atoms with Crippen LogP contribution in [0.3, 0.4) is 0 Å². The molecule has 1 heterocycles. The van der Waals surface area contributed by atoms with Crippen molar-refractivity contribution in [2.45, 2.75) is 44.6 Å². The van der Waals surface area contributed by atoms with Gasteiger partial charge in [0.05, 0.1) is 22.0 Å². The molecule has 1 aromatic rings. The van der Waals surface area contributed by atoms with Crippen LogP contribution >= 0.6 is 11.6 Å². The van der Waals surface area contributed by atoms with E-state index in [-0.39, 0.29) is 0 Å². The molecule has 0 aliphatic heterocycles. The molecule has 1 aliphatic carbocycles. The quantitative estimate of drug-likeness (QED) is 0.843. The molecule has 17 heavy (non-hydrogen) atoms. The number of nitrogens with zero attached hydrogens (tertiary/aromatic N) is 2. The van der Waals surface area contributed by atoms with Gasteiger partial charge in [0.1, 0.15) is 0 Å². The minimum atomic E-state index is -0.749. The molecule has 2 rings (SSSR count). The summed E-state index contributed by atoms with van der Waals surface area (Å²) in [7, 11) is 1.89. The molecule has 94 valence electrons. The number of aliphatic hydroxyl groups is 1. The largest absolute Gasteiger partial charge is 0.385 e. The second kappa shape index (κ2) is 4.83. The number of aryl methyl sites for hydroxylation is 2. The summed E-state index contributed by atoms with van der Waals surface area (Å²) in [6, 6.07) is 0. The van der Waals surface area contributed by atoms with E-state index < -0.39 is 5.60 Å². The van der Waals surface area contributed by atoms with Crippen molar-refractivity contribution >= 4 is 11.6 Å². The zero-order valence-corrected chi connectivity index (χ0v) is 11.2. The van der Waals surface area contributed by atoms with Gasteiger partial charge in [-0.1, -0.05) is 30.7 Å². The van der Waals surface area contributed by atoms with Crippen molar-refractivity contribution in [3.63, 3.8) is 0 Å². The predicted octanol–water partition coefficient (Wildman–Crippen LogP) is 2.65. The van der Waals surface area contributed by atoms with Crippen LogP contribution < -0.4 is 0 Å². The summed E-state index contributed by atoms with van der Waals surface area (Å²) in [5.74, 6) is 0. The second-order valence-corrected chi connectivity index (χ2v) is 5.14. The highest BCUT2D eigenvalue weighted by Crippen LogP contribution is 2.30. The molecule has 0 spiro atoms.